The molecule has 2 N–H and O–H groups in total. The van der Waals surface area contributed by atoms with Gasteiger partial charge in [-0.15, -0.1) is 5.10 Å². The summed E-state index contributed by atoms with van der Waals surface area (Å²) >= 11 is 0. The molecule has 2 amide bonds. The Morgan fingerprint density at radius 2 is 1.85 bits per heavy atom. The van der Waals surface area contributed by atoms with Crippen LogP contribution in [0.1, 0.15) is 53.5 Å². The van der Waals surface area contributed by atoms with Crippen molar-refractivity contribution in [2.75, 3.05) is 6.61 Å². The standard InChI is InChI=1S/C18H21N5O3/c1-2-26-16-9-11(17(24)19-12-4-5-12)3-8-15(16)23-10-14(21-22-23)18(25)20-13-6-7-13/h3,8-10,12-13H,2,4-7H2,1H3,(H,19,24)(H,20,25). The highest BCUT2D eigenvalue weighted by Gasteiger charge is 2.26. The minimum atomic E-state index is -0.225. The molecule has 1 aromatic carbocycles. The highest BCUT2D eigenvalue weighted by Crippen LogP contribution is 2.26. The van der Waals surface area contributed by atoms with E-state index in [-0.39, 0.29) is 23.6 Å². The minimum absolute atomic E-state index is 0.108. The molecule has 1 aromatic heterocycles. The molecule has 0 saturated heterocycles. The summed E-state index contributed by atoms with van der Waals surface area (Å²) in [5, 5.41) is 13.8. The summed E-state index contributed by atoms with van der Waals surface area (Å²) < 4.78 is 7.17. The lowest BCUT2D eigenvalue weighted by molar-refractivity contribution is 0.0939. The average molecular weight is 355 g/mol. The van der Waals surface area contributed by atoms with Crippen LogP contribution in [-0.2, 0) is 0 Å². The van der Waals surface area contributed by atoms with Crippen molar-refractivity contribution in [3.63, 3.8) is 0 Å². The number of nitrogens with one attached hydrogen (secondary N) is 2. The second-order valence-corrected chi connectivity index (χ2v) is 6.66. The van der Waals surface area contributed by atoms with Gasteiger partial charge in [-0.25, -0.2) is 4.68 Å². The van der Waals surface area contributed by atoms with Crippen LogP contribution in [0.4, 0.5) is 0 Å². The SMILES string of the molecule is CCOc1cc(C(=O)NC2CC2)ccc1-n1cc(C(=O)NC2CC2)nn1. The van der Waals surface area contributed by atoms with E-state index >= 15 is 0 Å². The van der Waals surface area contributed by atoms with Crippen LogP contribution >= 0.6 is 0 Å². The fourth-order valence-electron chi connectivity index (χ4n) is 2.58. The van der Waals surface area contributed by atoms with Gasteiger partial charge < -0.3 is 15.4 Å². The molecule has 1 heterocycles. The Morgan fingerprint density at radius 1 is 1.15 bits per heavy atom. The number of carbonyl (C=O) groups excluding carboxylic acids is 2. The largest absolute Gasteiger partial charge is 0.492 e. The predicted octanol–water partition coefficient (Wildman–Crippen LogP) is 1.45. The van der Waals surface area contributed by atoms with Crippen LogP contribution in [0, 0.1) is 0 Å². The van der Waals surface area contributed by atoms with E-state index in [0.717, 1.165) is 25.7 Å². The number of amides is 2. The molecule has 2 aliphatic carbocycles. The van der Waals surface area contributed by atoms with Gasteiger partial charge in [0.1, 0.15) is 11.4 Å². The van der Waals surface area contributed by atoms with E-state index in [2.05, 4.69) is 20.9 Å². The fourth-order valence-corrected chi connectivity index (χ4v) is 2.58. The van der Waals surface area contributed by atoms with E-state index in [4.69, 9.17) is 4.74 Å². The molecular weight excluding hydrogens is 334 g/mol. The summed E-state index contributed by atoms with van der Waals surface area (Å²) in [4.78, 5) is 24.3. The van der Waals surface area contributed by atoms with Crippen molar-refractivity contribution in [3.05, 3.63) is 35.7 Å². The first-order valence-electron chi connectivity index (χ1n) is 8.95. The lowest BCUT2D eigenvalue weighted by atomic mass is 10.1. The van der Waals surface area contributed by atoms with Gasteiger partial charge in [-0.1, -0.05) is 5.21 Å². The van der Waals surface area contributed by atoms with Crippen LogP contribution in [0.25, 0.3) is 5.69 Å². The molecule has 8 heteroatoms. The van der Waals surface area contributed by atoms with Gasteiger partial charge in [0.05, 0.1) is 12.8 Å². The average Bonchev–Trinajstić information content (AvgIpc) is 3.56. The predicted molar refractivity (Wildman–Crippen MR) is 93.5 cm³/mol. The Hall–Kier alpha value is -2.90. The molecule has 0 atom stereocenters. The van der Waals surface area contributed by atoms with Gasteiger partial charge in [-0.3, -0.25) is 9.59 Å². The molecule has 0 aliphatic heterocycles. The number of hydrogen-bond acceptors (Lipinski definition) is 5. The maximum Gasteiger partial charge on any atom is 0.273 e. The van der Waals surface area contributed by atoms with E-state index in [9.17, 15) is 9.59 Å². The molecule has 2 saturated carbocycles. The molecule has 0 radical (unpaired) electrons. The van der Waals surface area contributed by atoms with Crippen molar-refractivity contribution in [1.82, 2.24) is 25.6 Å². The van der Waals surface area contributed by atoms with E-state index in [0.29, 0.717) is 29.6 Å². The molecule has 0 unspecified atom stereocenters. The molecule has 26 heavy (non-hydrogen) atoms. The summed E-state index contributed by atoms with van der Waals surface area (Å²) in [7, 11) is 0. The smallest absolute Gasteiger partial charge is 0.273 e. The van der Waals surface area contributed by atoms with Gasteiger partial charge in [0.25, 0.3) is 11.8 Å². The lowest BCUT2D eigenvalue weighted by Gasteiger charge is -2.12. The first-order chi connectivity index (χ1) is 12.6. The third-order valence-electron chi connectivity index (χ3n) is 4.32. The van der Waals surface area contributed by atoms with E-state index in [1.807, 2.05) is 6.92 Å². The van der Waals surface area contributed by atoms with Gasteiger partial charge in [0, 0.05) is 17.6 Å². The monoisotopic (exact) mass is 355 g/mol. The van der Waals surface area contributed by atoms with Gasteiger partial charge in [-0.2, -0.15) is 0 Å². The van der Waals surface area contributed by atoms with Crippen molar-refractivity contribution < 1.29 is 14.3 Å². The van der Waals surface area contributed by atoms with Crippen LogP contribution in [-0.4, -0.2) is 45.5 Å². The number of ether oxygens (including phenoxy) is 1. The third-order valence-corrected chi connectivity index (χ3v) is 4.32. The molecule has 0 spiro atoms. The molecule has 2 aromatic rings. The van der Waals surface area contributed by atoms with Crippen molar-refractivity contribution in [2.24, 2.45) is 0 Å². The van der Waals surface area contributed by atoms with Crippen molar-refractivity contribution in [1.29, 1.82) is 0 Å². The number of hydrogen-bond donors (Lipinski definition) is 2. The fraction of sp³-hybridized carbons (Fsp3) is 0.444. The van der Waals surface area contributed by atoms with Gasteiger partial charge in [0.15, 0.2) is 5.69 Å². The summed E-state index contributed by atoms with van der Waals surface area (Å²) in [6.07, 6.45) is 5.66. The summed E-state index contributed by atoms with van der Waals surface area (Å²) in [6, 6.07) is 5.73. The Labute approximate surface area is 150 Å². The van der Waals surface area contributed by atoms with Gasteiger partial charge >= 0.3 is 0 Å². The second-order valence-electron chi connectivity index (χ2n) is 6.66. The molecule has 0 bridgehead atoms. The molecule has 136 valence electrons. The maximum atomic E-state index is 12.2. The molecule has 2 aliphatic rings. The van der Waals surface area contributed by atoms with E-state index in [1.54, 1.807) is 24.4 Å². The minimum Gasteiger partial charge on any atom is -0.492 e. The Bertz CT molecular complexity index is 839. The molecular formula is C18H21N5O3. The lowest BCUT2D eigenvalue weighted by Crippen LogP contribution is -2.25. The summed E-state index contributed by atoms with van der Waals surface area (Å²) in [5.74, 6) is 0.190. The number of benzene rings is 1. The first kappa shape index (κ1) is 16.6. The number of carbonyl (C=O) groups is 2. The van der Waals surface area contributed by atoms with E-state index in [1.165, 1.54) is 4.68 Å². The normalized spacial score (nSPS) is 16.2. The van der Waals surface area contributed by atoms with Crippen LogP contribution in [0.15, 0.2) is 24.4 Å². The van der Waals surface area contributed by atoms with E-state index < -0.39 is 0 Å². The summed E-state index contributed by atoms with van der Waals surface area (Å²) in [6.45, 7) is 2.32. The molecule has 8 nitrogen and oxygen atoms in total. The Morgan fingerprint density at radius 3 is 2.50 bits per heavy atom. The zero-order valence-electron chi connectivity index (χ0n) is 14.6. The van der Waals surface area contributed by atoms with Crippen LogP contribution in [0.3, 0.4) is 0 Å². The quantitative estimate of drug-likeness (QED) is 0.783. The third kappa shape index (κ3) is 3.68. The topological polar surface area (TPSA) is 98.1 Å². The zero-order valence-corrected chi connectivity index (χ0v) is 14.6. The van der Waals surface area contributed by atoms with Crippen LogP contribution in [0.2, 0.25) is 0 Å². The van der Waals surface area contributed by atoms with Gasteiger partial charge in [0.2, 0.25) is 0 Å². The van der Waals surface area contributed by atoms with Gasteiger partial charge in [-0.05, 0) is 50.8 Å². The number of nitrogens with zero attached hydrogens (tertiary/aromatic N) is 3. The number of aromatic nitrogens is 3. The van der Waals surface area contributed by atoms with Crippen molar-refractivity contribution >= 4 is 11.8 Å². The zero-order chi connectivity index (χ0) is 18.1. The van der Waals surface area contributed by atoms with Crippen molar-refractivity contribution in [3.8, 4) is 11.4 Å². The molecule has 4 rings (SSSR count). The summed E-state index contributed by atoms with van der Waals surface area (Å²) in [5.41, 5.74) is 1.43. The highest BCUT2D eigenvalue weighted by molar-refractivity contribution is 5.95. The highest BCUT2D eigenvalue weighted by atomic mass is 16.5. The van der Waals surface area contributed by atoms with Crippen LogP contribution in [0.5, 0.6) is 5.75 Å². The maximum absolute atomic E-state index is 12.2. The number of rotatable bonds is 7. The first-order valence-corrected chi connectivity index (χ1v) is 8.95. The van der Waals surface area contributed by atoms with Crippen LogP contribution < -0.4 is 15.4 Å². The van der Waals surface area contributed by atoms with Crippen molar-refractivity contribution in [2.45, 2.75) is 44.7 Å². The second kappa shape index (κ2) is 6.78. The molecule has 2 fully saturated rings. The Kier molecular flexibility index (Phi) is 4.32. The Balaban J connectivity index is 1.57.